The summed E-state index contributed by atoms with van der Waals surface area (Å²) in [5.41, 5.74) is 1.69. The predicted molar refractivity (Wildman–Crippen MR) is 130 cm³/mol. The van der Waals surface area contributed by atoms with E-state index in [1.54, 1.807) is 12.1 Å². The zero-order valence-electron chi connectivity index (χ0n) is 19.6. The molecule has 1 aliphatic rings. The summed E-state index contributed by atoms with van der Waals surface area (Å²) in [5.74, 6) is -0.269. The Balaban J connectivity index is 1.59. The number of piperidine rings is 1. The fourth-order valence-corrected chi connectivity index (χ4v) is 4.18. The maximum atomic E-state index is 13.0. The van der Waals surface area contributed by atoms with Gasteiger partial charge in [0.25, 0.3) is 5.91 Å². The van der Waals surface area contributed by atoms with Crippen LogP contribution < -0.4 is 10.6 Å². The number of rotatable bonds is 9. The number of likely N-dealkylation sites (tertiary alicyclic amines) is 1. The van der Waals surface area contributed by atoms with Gasteiger partial charge in [-0.25, -0.2) is 0 Å². The number of hydrogen-bond acceptors (Lipinski definition) is 3. The highest BCUT2D eigenvalue weighted by atomic mass is 16.2. The fourth-order valence-electron chi connectivity index (χ4n) is 4.18. The van der Waals surface area contributed by atoms with Gasteiger partial charge in [-0.3, -0.25) is 14.4 Å². The number of nitrogens with zero attached hydrogens (tertiary/aromatic N) is 1. The lowest BCUT2D eigenvalue weighted by Gasteiger charge is -2.36. The maximum Gasteiger partial charge on any atom is 0.251 e. The number of hydrogen-bond donors (Lipinski definition) is 2. The van der Waals surface area contributed by atoms with Crippen LogP contribution >= 0.6 is 0 Å². The van der Waals surface area contributed by atoms with Crippen LogP contribution in [0.4, 0.5) is 0 Å². The third-order valence-electron chi connectivity index (χ3n) is 6.44. The molecular formula is C27H35N3O3. The number of carbonyl (C=O) groups excluding carboxylic acids is 3. The van der Waals surface area contributed by atoms with Crippen LogP contribution in [0, 0.1) is 5.92 Å². The quantitative estimate of drug-likeness (QED) is 0.614. The highest BCUT2D eigenvalue weighted by Crippen LogP contribution is 2.23. The summed E-state index contributed by atoms with van der Waals surface area (Å²) < 4.78 is 0. The van der Waals surface area contributed by atoms with Gasteiger partial charge in [-0.15, -0.1) is 0 Å². The number of amides is 3. The van der Waals surface area contributed by atoms with E-state index in [0.29, 0.717) is 37.9 Å². The van der Waals surface area contributed by atoms with E-state index in [4.69, 9.17) is 0 Å². The van der Waals surface area contributed by atoms with E-state index in [1.807, 2.05) is 67.3 Å². The average molecular weight is 450 g/mol. The molecule has 0 bridgehead atoms. The van der Waals surface area contributed by atoms with E-state index in [0.717, 1.165) is 18.4 Å². The van der Waals surface area contributed by atoms with Crippen molar-refractivity contribution in [1.82, 2.24) is 15.5 Å². The lowest BCUT2D eigenvalue weighted by molar-refractivity contribution is -0.133. The molecule has 2 aromatic carbocycles. The Labute approximate surface area is 196 Å². The summed E-state index contributed by atoms with van der Waals surface area (Å²) in [5, 5.41) is 5.99. The normalized spacial score (nSPS) is 16.0. The fraction of sp³-hybridized carbons (Fsp3) is 0.444. The molecule has 0 aliphatic carbocycles. The van der Waals surface area contributed by atoms with E-state index in [1.165, 1.54) is 0 Å². The molecule has 1 saturated heterocycles. The van der Waals surface area contributed by atoms with Crippen LogP contribution in [0.2, 0.25) is 0 Å². The van der Waals surface area contributed by atoms with E-state index in [-0.39, 0.29) is 29.7 Å². The Morgan fingerprint density at radius 3 is 2.15 bits per heavy atom. The van der Waals surface area contributed by atoms with Crippen molar-refractivity contribution in [1.29, 1.82) is 0 Å². The van der Waals surface area contributed by atoms with Crippen molar-refractivity contribution >= 4 is 17.7 Å². The molecule has 2 N–H and O–H groups in total. The predicted octanol–water partition coefficient (Wildman–Crippen LogP) is 3.57. The third-order valence-corrected chi connectivity index (χ3v) is 6.44. The summed E-state index contributed by atoms with van der Waals surface area (Å²) in [6.07, 6.45) is 3.40. The van der Waals surface area contributed by atoms with Gasteiger partial charge in [-0.05, 0) is 56.2 Å². The number of nitrogens with one attached hydrogen (secondary N) is 2. The lowest BCUT2D eigenvalue weighted by Crippen LogP contribution is -2.55. The number of carbonyl (C=O) groups is 3. The SMILES string of the molecule is CC[C@H](C)NC(=O)[C@H](NC(=O)c1ccccc1)C1CCN(C(=O)CCc2ccccc2)CC1. The summed E-state index contributed by atoms with van der Waals surface area (Å²) >= 11 is 0. The monoisotopic (exact) mass is 449 g/mol. The number of benzene rings is 2. The molecular weight excluding hydrogens is 414 g/mol. The Hall–Kier alpha value is -3.15. The first-order valence-corrected chi connectivity index (χ1v) is 12.0. The van der Waals surface area contributed by atoms with E-state index >= 15 is 0 Å². The van der Waals surface area contributed by atoms with Gasteiger partial charge in [0.05, 0.1) is 0 Å². The molecule has 3 rings (SSSR count). The van der Waals surface area contributed by atoms with Crippen molar-refractivity contribution < 1.29 is 14.4 Å². The highest BCUT2D eigenvalue weighted by Gasteiger charge is 2.34. The second-order valence-electron chi connectivity index (χ2n) is 8.84. The summed E-state index contributed by atoms with van der Waals surface area (Å²) in [6, 6.07) is 18.4. The molecule has 1 fully saturated rings. The number of aryl methyl sites for hydroxylation is 1. The second kappa shape index (κ2) is 12.2. The van der Waals surface area contributed by atoms with Crippen LogP contribution in [0.15, 0.2) is 60.7 Å². The molecule has 176 valence electrons. The Morgan fingerprint density at radius 1 is 0.939 bits per heavy atom. The molecule has 2 atom stereocenters. The van der Waals surface area contributed by atoms with Crippen molar-refractivity contribution in [2.45, 2.75) is 58.0 Å². The molecule has 6 heteroatoms. The average Bonchev–Trinajstić information content (AvgIpc) is 2.86. The molecule has 1 aliphatic heterocycles. The molecule has 2 aromatic rings. The first-order valence-electron chi connectivity index (χ1n) is 12.0. The largest absolute Gasteiger partial charge is 0.352 e. The van der Waals surface area contributed by atoms with Gasteiger partial charge in [0.15, 0.2) is 0 Å². The van der Waals surface area contributed by atoms with Crippen LogP contribution in [0.1, 0.15) is 55.5 Å². The summed E-state index contributed by atoms with van der Waals surface area (Å²) in [4.78, 5) is 40.4. The first kappa shape index (κ1) is 24.5. The molecule has 6 nitrogen and oxygen atoms in total. The first-order chi connectivity index (χ1) is 16.0. The van der Waals surface area contributed by atoms with E-state index in [2.05, 4.69) is 10.6 Å². The molecule has 1 heterocycles. The van der Waals surface area contributed by atoms with Crippen LogP contribution in [-0.2, 0) is 16.0 Å². The van der Waals surface area contributed by atoms with Gasteiger partial charge in [-0.1, -0.05) is 55.5 Å². The van der Waals surface area contributed by atoms with Crippen LogP contribution in [0.25, 0.3) is 0 Å². The molecule has 0 saturated carbocycles. The van der Waals surface area contributed by atoms with Crippen LogP contribution in [-0.4, -0.2) is 47.8 Å². The van der Waals surface area contributed by atoms with Gasteiger partial charge in [0.2, 0.25) is 11.8 Å². The Morgan fingerprint density at radius 2 is 1.55 bits per heavy atom. The molecule has 0 aromatic heterocycles. The van der Waals surface area contributed by atoms with Crippen LogP contribution in [0.5, 0.6) is 0 Å². The minimum absolute atomic E-state index is 0.0140. The third kappa shape index (κ3) is 7.17. The summed E-state index contributed by atoms with van der Waals surface area (Å²) in [6.45, 7) is 5.18. The molecule has 0 spiro atoms. The van der Waals surface area contributed by atoms with Crippen molar-refractivity contribution in [3.05, 3.63) is 71.8 Å². The maximum absolute atomic E-state index is 13.0. The minimum Gasteiger partial charge on any atom is -0.352 e. The van der Waals surface area contributed by atoms with Crippen LogP contribution in [0.3, 0.4) is 0 Å². The molecule has 33 heavy (non-hydrogen) atoms. The van der Waals surface area contributed by atoms with Crippen molar-refractivity contribution in [3.8, 4) is 0 Å². The van der Waals surface area contributed by atoms with E-state index in [9.17, 15) is 14.4 Å². The summed E-state index contributed by atoms with van der Waals surface area (Å²) in [7, 11) is 0. The van der Waals surface area contributed by atoms with Crippen molar-refractivity contribution in [2.75, 3.05) is 13.1 Å². The highest BCUT2D eigenvalue weighted by molar-refractivity contribution is 5.97. The van der Waals surface area contributed by atoms with Gasteiger partial charge < -0.3 is 15.5 Å². The lowest BCUT2D eigenvalue weighted by atomic mass is 9.88. The standard InChI is InChI=1S/C27H35N3O3/c1-3-20(2)28-27(33)25(29-26(32)23-12-8-5-9-13-23)22-16-18-30(19-17-22)24(31)15-14-21-10-6-4-7-11-21/h4-13,20,22,25H,3,14-19H2,1-2H3,(H,28,33)(H,29,32)/t20-,25+/m0/s1. The van der Waals surface area contributed by atoms with Gasteiger partial charge in [0.1, 0.15) is 6.04 Å². The van der Waals surface area contributed by atoms with Crippen molar-refractivity contribution in [2.24, 2.45) is 5.92 Å². The second-order valence-corrected chi connectivity index (χ2v) is 8.84. The molecule has 0 radical (unpaired) electrons. The van der Waals surface area contributed by atoms with Gasteiger partial charge in [-0.2, -0.15) is 0 Å². The zero-order chi connectivity index (χ0) is 23.6. The van der Waals surface area contributed by atoms with E-state index < -0.39 is 6.04 Å². The van der Waals surface area contributed by atoms with Gasteiger partial charge in [0, 0.05) is 31.1 Å². The van der Waals surface area contributed by atoms with Crippen molar-refractivity contribution in [3.63, 3.8) is 0 Å². The van der Waals surface area contributed by atoms with Gasteiger partial charge >= 0.3 is 0 Å². The zero-order valence-corrected chi connectivity index (χ0v) is 19.6. The molecule has 0 unspecified atom stereocenters. The topological polar surface area (TPSA) is 78.5 Å². The Bertz CT molecular complexity index is 909. The Kier molecular flexibility index (Phi) is 9.04. The minimum atomic E-state index is -0.617. The molecule has 3 amide bonds. The smallest absolute Gasteiger partial charge is 0.251 e.